The summed E-state index contributed by atoms with van der Waals surface area (Å²) in [5, 5.41) is 10.3. The highest BCUT2D eigenvalue weighted by molar-refractivity contribution is 6.30. The van der Waals surface area contributed by atoms with Gasteiger partial charge in [-0.05, 0) is 49.6 Å². The van der Waals surface area contributed by atoms with Crippen LogP contribution in [0, 0.1) is 5.82 Å². The van der Waals surface area contributed by atoms with Crippen LogP contribution in [-0.2, 0) is 4.79 Å². The van der Waals surface area contributed by atoms with E-state index in [0.717, 1.165) is 6.07 Å². The van der Waals surface area contributed by atoms with E-state index in [0.29, 0.717) is 30.5 Å². The van der Waals surface area contributed by atoms with Gasteiger partial charge in [-0.3, -0.25) is 9.59 Å². The third-order valence-electron chi connectivity index (χ3n) is 5.97. The minimum absolute atomic E-state index is 0.00439. The molecule has 0 saturated heterocycles. The molecule has 6 rings (SSSR count). The normalized spacial score (nSPS) is 22.9. The standard InChI is InChI=1S/C23H20ClFN4O3/c24-17-7-6-15(10-18(17)25)32-11-20(30)27-22-12-23(13-22,14-22)28-21(31)16-4-1-2-5-19(16)29-9-3-8-26-29/h1-10H,11-14H2,(H,27,30)(H,28,31). The van der Waals surface area contributed by atoms with Crippen LogP contribution < -0.4 is 15.4 Å². The smallest absolute Gasteiger partial charge is 0.258 e. The number of nitrogens with zero attached hydrogens (tertiary/aromatic N) is 2. The van der Waals surface area contributed by atoms with Crippen LogP contribution in [0.1, 0.15) is 29.6 Å². The first-order valence-corrected chi connectivity index (χ1v) is 10.6. The first-order chi connectivity index (χ1) is 15.4. The summed E-state index contributed by atoms with van der Waals surface area (Å²) >= 11 is 5.64. The van der Waals surface area contributed by atoms with Crippen LogP contribution in [0.25, 0.3) is 5.69 Å². The highest BCUT2D eigenvalue weighted by Crippen LogP contribution is 2.60. The molecule has 0 radical (unpaired) electrons. The number of amides is 2. The Morgan fingerprint density at radius 2 is 1.84 bits per heavy atom. The Kier molecular flexibility index (Phi) is 4.89. The molecule has 2 N–H and O–H groups in total. The van der Waals surface area contributed by atoms with E-state index in [1.54, 1.807) is 29.2 Å². The molecule has 1 heterocycles. The van der Waals surface area contributed by atoms with Gasteiger partial charge in [-0.2, -0.15) is 5.10 Å². The third kappa shape index (κ3) is 3.71. The fourth-order valence-corrected chi connectivity index (χ4v) is 4.80. The lowest BCUT2D eigenvalue weighted by Gasteiger charge is -2.70. The van der Waals surface area contributed by atoms with Gasteiger partial charge in [0.1, 0.15) is 11.6 Å². The number of halogens is 2. The van der Waals surface area contributed by atoms with Crippen LogP contribution in [0.3, 0.4) is 0 Å². The van der Waals surface area contributed by atoms with E-state index in [-0.39, 0.29) is 40.3 Å². The number of carbonyl (C=O) groups is 2. The van der Waals surface area contributed by atoms with Crippen molar-refractivity contribution in [2.45, 2.75) is 30.3 Å². The van der Waals surface area contributed by atoms with Gasteiger partial charge in [-0.25, -0.2) is 9.07 Å². The largest absolute Gasteiger partial charge is 0.484 e. The monoisotopic (exact) mass is 454 g/mol. The number of aromatic nitrogens is 2. The van der Waals surface area contributed by atoms with E-state index < -0.39 is 5.82 Å². The number of carbonyl (C=O) groups excluding carboxylic acids is 2. The predicted molar refractivity (Wildman–Crippen MR) is 115 cm³/mol. The summed E-state index contributed by atoms with van der Waals surface area (Å²) in [6, 6.07) is 13.1. The summed E-state index contributed by atoms with van der Waals surface area (Å²) in [4.78, 5) is 25.2. The number of nitrogens with one attached hydrogen (secondary N) is 2. The fourth-order valence-electron chi connectivity index (χ4n) is 4.69. The number of ether oxygens (including phenoxy) is 1. The molecular formula is C23H20ClFN4O3. The van der Waals surface area contributed by atoms with Crippen molar-refractivity contribution in [1.29, 1.82) is 0 Å². The summed E-state index contributed by atoms with van der Waals surface area (Å²) in [6.45, 7) is -0.223. The second-order valence-corrected chi connectivity index (χ2v) is 8.83. The minimum Gasteiger partial charge on any atom is -0.484 e. The molecule has 3 aromatic rings. The van der Waals surface area contributed by atoms with E-state index in [1.165, 1.54) is 12.1 Å². The molecule has 2 bridgehead atoms. The van der Waals surface area contributed by atoms with E-state index in [1.807, 2.05) is 18.2 Å². The van der Waals surface area contributed by atoms with Gasteiger partial charge in [0.05, 0.1) is 16.3 Å². The molecular weight excluding hydrogens is 435 g/mol. The SMILES string of the molecule is O=C(COc1ccc(Cl)c(F)c1)NC12CC(NC(=O)c3ccccc3-n3cccn3)(C1)C2. The molecule has 3 aliphatic rings. The van der Waals surface area contributed by atoms with Gasteiger partial charge in [0.15, 0.2) is 6.61 Å². The molecule has 0 aliphatic heterocycles. The third-order valence-corrected chi connectivity index (χ3v) is 6.28. The van der Waals surface area contributed by atoms with E-state index in [9.17, 15) is 14.0 Å². The molecule has 2 aromatic carbocycles. The molecule has 164 valence electrons. The Morgan fingerprint density at radius 3 is 2.56 bits per heavy atom. The van der Waals surface area contributed by atoms with Gasteiger partial charge < -0.3 is 15.4 Å². The van der Waals surface area contributed by atoms with Gasteiger partial charge in [-0.1, -0.05) is 23.7 Å². The molecule has 2 amide bonds. The Hall–Kier alpha value is -3.39. The van der Waals surface area contributed by atoms with Crippen molar-refractivity contribution in [2.24, 2.45) is 0 Å². The Morgan fingerprint density at radius 1 is 1.09 bits per heavy atom. The Bertz CT molecular complexity index is 1180. The lowest BCUT2D eigenvalue weighted by molar-refractivity contribution is -0.141. The molecule has 3 aliphatic carbocycles. The van der Waals surface area contributed by atoms with E-state index >= 15 is 0 Å². The zero-order valence-corrected chi connectivity index (χ0v) is 17.7. The lowest BCUT2D eigenvalue weighted by atomic mass is 9.44. The molecule has 3 fully saturated rings. The zero-order valence-electron chi connectivity index (χ0n) is 17.0. The summed E-state index contributed by atoms with van der Waals surface area (Å²) in [5.74, 6) is -0.817. The topological polar surface area (TPSA) is 85.3 Å². The van der Waals surface area contributed by atoms with Crippen molar-refractivity contribution in [1.82, 2.24) is 20.4 Å². The molecule has 9 heteroatoms. The molecule has 0 spiro atoms. The van der Waals surface area contributed by atoms with Crippen molar-refractivity contribution in [3.8, 4) is 11.4 Å². The molecule has 32 heavy (non-hydrogen) atoms. The molecule has 1 aromatic heterocycles. The van der Waals surface area contributed by atoms with E-state index in [4.69, 9.17) is 16.3 Å². The highest BCUT2D eigenvalue weighted by atomic mass is 35.5. The number of benzene rings is 2. The average Bonchev–Trinajstić information content (AvgIpc) is 3.27. The zero-order chi connectivity index (χ0) is 22.3. The van der Waals surface area contributed by atoms with Gasteiger partial charge in [-0.15, -0.1) is 0 Å². The van der Waals surface area contributed by atoms with Crippen molar-refractivity contribution in [2.75, 3.05) is 6.61 Å². The maximum Gasteiger partial charge on any atom is 0.258 e. The van der Waals surface area contributed by atoms with Crippen molar-refractivity contribution in [3.63, 3.8) is 0 Å². The summed E-state index contributed by atoms with van der Waals surface area (Å²) in [5.41, 5.74) is 0.630. The van der Waals surface area contributed by atoms with Crippen LogP contribution in [0.4, 0.5) is 4.39 Å². The fraction of sp³-hybridized carbons (Fsp3) is 0.261. The van der Waals surface area contributed by atoms with Crippen molar-refractivity contribution in [3.05, 3.63) is 77.3 Å². The van der Waals surface area contributed by atoms with Crippen molar-refractivity contribution >= 4 is 23.4 Å². The van der Waals surface area contributed by atoms with Crippen LogP contribution >= 0.6 is 11.6 Å². The van der Waals surface area contributed by atoms with Crippen LogP contribution in [0.2, 0.25) is 5.02 Å². The lowest BCUT2D eigenvalue weighted by Crippen LogP contribution is -2.84. The maximum absolute atomic E-state index is 13.5. The molecule has 7 nitrogen and oxygen atoms in total. The molecule has 0 unspecified atom stereocenters. The first kappa shape index (κ1) is 20.5. The summed E-state index contributed by atoms with van der Waals surface area (Å²) < 4.78 is 20.5. The number of para-hydroxylation sites is 1. The van der Waals surface area contributed by atoms with Crippen molar-refractivity contribution < 1.29 is 18.7 Å². The summed E-state index contributed by atoms with van der Waals surface area (Å²) in [6.07, 6.45) is 5.44. The van der Waals surface area contributed by atoms with Crippen LogP contribution in [-0.4, -0.2) is 39.3 Å². The number of hydrogen-bond acceptors (Lipinski definition) is 4. The van der Waals surface area contributed by atoms with Gasteiger partial charge >= 0.3 is 0 Å². The van der Waals surface area contributed by atoms with Gasteiger partial charge in [0.25, 0.3) is 11.8 Å². The van der Waals surface area contributed by atoms with E-state index in [2.05, 4.69) is 15.7 Å². The van der Waals surface area contributed by atoms with Gasteiger partial charge in [0, 0.05) is 29.5 Å². The maximum atomic E-state index is 13.5. The average molecular weight is 455 g/mol. The van der Waals surface area contributed by atoms with Crippen LogP contribution in [0.15, 0.2) is 60.9 Å². The van der Waals surface area contributed by atoms with Gasteiger partial charge in [0.2, 0.25) is 0 Å². The second kappa shape index (κ2) is 7.63. The molecule has 0 atom stereocenters. The quantitative estimate of drug-likeness (QED) is 0.574. The van der Waals surface area contributed by atoms with Crippen LogP contribution in [0.5, 0.6) is 5.75 Å². The predicted octanol–water partition coefficient (Wildman–Crippen LogP) is 3.26. The minimum atomic E-state index is -0.601. The Labute approximate surface area is 188 Å². The second-order valence-electron chi connectivity index (χ2n) is 8.43. The summed E-state index contributed by atoms with van der Waals surface area (Å²) in [7, 11) is 0. The number of rotatable bonds is 7. The number of hydrogen-bond donors (Lipinski definition) is 2. The first-order valence-electron chi connectivity index (χ1n) is 10.2. The molecule has 3 saturated carbocycles. The highest BCUT2D eigenvalue weighted by Gasteiger charge is 2.69. The Balaban J connectivity index is 1.14.